The van der Waals surface area contributed by atoms with Gasteiger partial charge >= 0.3 is 0 Å². The summed E-state index contributed by atoms with van der Waals surface area (Å²) in [7, 11) is 0. The van der Waals surface area contributed by atoms with Gasteiger partial charge in [0.1, 0.15) is 0 Å². The van der Waals surface area contributed by atoms with Crippen LogP contribution in [0, 0.1) is 0 Å². The van der Waals surface area contributed by atoms with Crippen LogP contribution in [0.25, 0.3) is 0 Å². The molecule has 0 radical (unpaired) electrons. The number of rotatable bonds is 3. The Morgan fingerprint density at radius 3 is 2.29 bits per heavy atom. The lowest BCUT2D eigenvalue weighted by molar-refractivity contribution is 0.102. The predicted molar refractivity (Wildman–Crippen MR) is 34.9 cm³/mol. The first-order valence-corrected chi connectivity index (χ1v) is 2.10. The summed E-state index contributed by atoms with van der Waals surface area (Å²) >= 11 is 0. The molecule has 0 heterocycles. The zero-order chi connectivity index (χ0) is 4.83. The molecular weight excluding hydrogens is 108 g/mol. The summed E-state index contributed by atoms with van der Waals surface area (Å²) in [5.41, 5.74) is 0. The van der Waals surface area contributed by atoms with Crippen LogP contribution >= 0.6 is 0 Å². The molecule has 0 aromatic rings. The van der Waals surface area contributed by atoms with Gasteiger partial charge in [0.2, 0.25) is 0 Å². The number of hydrogen-bond donors (Lipinski definition) is 1. The predicted octanol–water partition coefficient (Wildman–Crippen LogP) is -1.44. The van der Waals surface area contributed by atoms with Crippen LogP contribution in [0.4, 0.5) is 0 Å². The van der Waals surface area contributed by atoms with Gasteiger partial charge in [-0.05, 0) is 17.9 Å². The van der Waals surface area contributed by atoms with Crippen molar-refractivity contribution in [2.24, 2.45) is 0 Å². The van der Waals surface area contributed by atoms with Gasteiger partial charge in [-0.25, -0.2) is 0 Å². The second-order valence-corrected chi connectivity index (χ2v) is 0.921. The molecule has 0 aliphatic rings. The lowest BCUT2D eigenvalue weighted by Crippen LogP contribution is -1.96. The summed E-state index contributed by atoms with van der Waals surface area (Å²) in [6.45, 7) is 3.20. The van der Waals surface area contributed by atoms with E-state index >= 15 is 0 Å². The van der Waals surface area contributed by atoms with Crippen LogP contribution < -0.4 is 0 Å². The van der Waals surface area contributed by atoms with Gasteiger partial charge in [0, 0.05) is 6.61 Å². The van der Waals surface area contributed by atoms with Gasteiger partial charge in [-0.2, -0.15) is 0 Å². The van der Waals surface area contributed by atoms with Crippen molar-refractivity contribution in [3.05, 3.63) is 0 Å². The summed E-state index contributed by atoms with van der Waals surface area (Å²) in [6.07, 6.45) is 0. The van der Waals surface area contributed by atoms with Crippen LogP contribution in [-0.2, 0) is 4.74 Å². The first-order chi connectivity index (χ1) is 2.91. The third-order valence-corrected chi connectivity index (χ3v) is 0.440. The molecule has 0 spiro atoms. The van der Waals surface area contributed by atoms with Crippen LogP contribution in [0.2, 0.25) is 0 Å². The SMILES string of the molecule is CCOCCO.[SiH4]. The van der Waals surface area contributed by atoms with Crippen LogP contribution in [0.15, 0.2) is 0 Å². The molecule has 0 aromatic carbocycles. The van der Waals surface area contributed by atoms with Gasteiger partial charge in [0.25, 0.3) is 0 Å². The summed E-state index contributed by atoms with van der Waals surface area (Å²) in [5, 5.41) is 8.07. The maximum Gasteiger partial charge on any atom is 0.0697 e. The molecule has 0 saturated carbocycles. The topological polar surface area (TPSA) is 29.5 Å². The van der Waals surface area contributed by atoms with Crippen molar-refractivity contribution in [3.63, 3.8) is 0 Å². The molecule has 3 heteroatoms. The molecule has 1 N–H and O–H groups in total. The van der Waals surface area contributed by atoms with E-state index in [9.17, 15) is 0 Å². The minimum atomic E-state index is 0. The van der Waals surface area contributed by atoms with Crippen LogP contribution in [0.5, 0.6) is 0 Å². The highest BCUT2D eigenvalue weighted by molar-refractivity contribution is 5.75. The van der Waals surface area contributed by atoms with E-state index in [1.165, 1.54) is 0 Å². The van der Waals surface area contributed by atoms with Crippen molar-refractivity contribution in [2.75, 3.05) is 19.8 Å². The first kappa shape index (κ1) is 10.2. The molecule has 0 bridgehead atoms. The Kier molecular flexibility index (Phi) is 13.8. The van der Waals surface area contributed by atoms with E-state index in [2.05, 4.69) is 0 Å². The highest BCUT2D eigenvalue weighted by Crippen LogP contribution is 1.66. The van der Waals surface area contributed by atoms with Crippen molar-refractivity contribution in [3.8, 4) is 0 Å². The maximum absolute atomic E-state index is 8.07. The van der Waals surface area contributed by atoms with E-state index in [4.69, 9.17) is 9.84 Å². The minimum Gasteiger partial charge on any atom is -0.394 e. The Morgan fingerprint density at radius 1 is 1.57 bits per heavy atom. The molecule has 0 unspecified atom stereocenters. The highest BCUT2D eigenvalue weighted by atomic mass is 28.1. The van der Waals surface area contributed by atoms with Crippen molar-refractivity contribution in [2.45, 2.75) is 6.92 Å². The van der Waals surface area contributed by atoms with Crippen LogP contribution in [0.3, 0.4) is 0 Å². The highest BCUT2D eigenvalue weighted by Gasteiger charge is 1.73. The van der Waals surface area contributed by atoms with E-state index in [0.29, 0.717) is 13.2 Å². The molecule has 0 saturated heterocycles. The average molecular weight is 122 g/mol. The molecule has 0 fully saturated rings. The zero-order valence-corrected chi connectivity index (χ0v) is 3.98. The molecule has 0 aliphatic heterocycles. The standard InChI is InChI=1S/C4H10O2.H4Si/c1-2-6-4-3-5;/h5H,2-4H2,1H3;1H4. The van der Waals surface area contributed by atoms with Gasteiger partial charge in [-0.15, -0.1) is 0 Å². The minimum absolute atomic E-state index is 0. The number of ether oxygens (including phenoxy) is 1. The molecule has 2 nitrogen and oxygen atoms in total. The monoisotopic (exact) mass is 122 g/mol. The van der Waals surface area contributed by atoms with Crippen molar-refractivity contribution in [1.82, 2.24) is 0 Å². The Hall–Kier alpha value is 0.137. The second kappa shape index (κ2) is 9.46. The fraction of sp³-hybridized carbons (Fsp3) is 1.00. The summed E-state index contributed by atoms with van der Waals surface area (Å²) in [6, 6.07) is 0. The third kappa shape index (κ3) is 10.7. The average Bonchev–Trinajstić information content (AvgIpc) is 1.61. The van der Waals surface area contributed by atoms with E-state index < -0.39 is 0 Å². The van der Waals surface area contributed by atoms with E-state index in [0.717, 1.165) is 0 Å². The van der Waals surface area contributed by atoms with Crippen molar-refractivity contribution in [1.29, 1.82) is 0 Å². The molecule has 46 valence electrons. The van der Waals surface area contributed by atoms with Crippen LogP contribution in [-0.4, -0.2) is 35.9 Å². The second-order valence-electron chi connectivity index (χ2n) is 0.921. The summed E-state index contributed by atoms with van der Waals surface area (Å²) in [4.78, 5) is 0. The fourth-order valence-corrected chi connectivity index (χ4v) is 0.209. The van der Waals surface area contributed by atoms with E-state index in [1.807, 2.05) is 6.92 Å². The Bertz CT molecular complexity index is 21.7. The van der Waals surface area contributed by atoms with Gasteiger partial charge in [0.05, 0.1) is 13.2 Å². The maximum atomic E-state index is 8.07. The first-order valence-electron chi connectivity index (χ1n) is 2.10. The summed E-state index contributed by atoms with van der Waals surface area (Å²) < 4.78 is 4.73. The number of hydrogen-bond acceptors (Lipinski definition) is 2. The largest absolute Gasteiger partial charge is 0.394 e. The van der Waals surface area contributed by atoms with Gasteiger partial charge in [0.15, 0.2) is 0 Å². The lowest BCUT2D eigenvalue weighted by Gasteiger charge is -1.91. The van der Waals surface area contributed by atoms with Crippen molar-refractivity contribution < 1.29 is 9.84 Å². The molecule has 0 amide bonds. The normalized spacial score (nSPS) is 7.71. The quantitative estimate of drug-likeness (QED) is 0.367. The third-order valence-electron chi connectivity index (χ3n) is 0.440. The van der Waals surface area contributed by atoms with E-state index in [1.54, 1.807) is 0 Å². The Labute approximate surface area is 48.5 Å². The number of aliphatic hydroxyl groups excluding tert-OH is 1. The smallest absolute Gasteiger partial charge is 0.0697 e. The molecular formula is C4H14O2Si. The molecule has 0 aliphatic carbocycles. The van der Waals surface area contributed by atoms with Gasteiger partial charge < -0.3 is 9.84 Å². The fourth-order valence-electron chi connectivity index (χ4n) is 0.209. The van der Waals surface area contributed by atoms with Crippen molar-refractivity contribution >= 4 is 11.0 Å². The van der Waals surface area contributed by atoms with Crippen LogP contribution in [0.1, 0.15) is 6.92 Å². The summed E-state index contributed by atoms with van der Waals surface area (Å²) in [5.74, 6) is 0. The Balaban J connectivity index is 0. The molecule has 0 atom stereocenters. The molecule has 7 heavy (non-hydrogen) atoms. The van der Waals surface area contributed by atoms with Gasteiger partial charge in [-0.1, -0.05) is 0 Å². The molecule has 0 rings (SSSR count). The van der Waals surface area contributed by atoms with Gasteiger partial charge in [-0.3, -0.25) is 0 Å². The lowest BCUT2D eigenvalue weighted by atomic mass is 10.8. The van der Waals surface area contributed by atoms with E-state index in [-0.39, 0.29) is 17.6 Å². The zero-order valence-electron chi connectivity index (χ0n) is 3.98. The Morgan fingerprint density at radius 2 is 2.14 bits per heavy atom. The molecule has 0 aromatic heterocycles. The number of aliphatic hydroxyl groups is 1.